The normalized spacial score (nSPS) is 15.7. The molecule has 1 aliphatic heterocycles. The van der Waals surface area contributed by atoms with Crippen molar-refractivity contribution in [3.63, 3.8) is 0 Å². The quantitative estimate of drug-likeness (QED) is 0.730. The van der Waals surface area contributed by atoms with Crippen molar-refractivity contribution in [1.82, 2.24) is 10.6 Å². The number of guanidine groups is 1. The molecular formula is C11H16ClN3O. The van der Waals surface area contributed by atoms with E-state index >= 15 is 0 Å². The van der Waals surface area contributed by atoms with Gasteiger partial charge in [0.1, 0.15) is 0 Å². The monoisotopic (exact) mass is 241 g/mol. The van der Waals surface area contributed by atoms with Crippen LogP contribution in [0.3, 0.4) is 0 Å². The first-order valence-electron chi connectivity index (χ1n) is 5.11. The molecule has 0 amide bonds. The van der Waals surface area contributed by atoms with Crippen molar-refractivity contribution in [3.8, 4) is 0 Å². The number of aliphatic hydroxyl groups is 1. The number of rotatable bonds is 3. The average molecular weight is 242 g/mol. The lowest BCUT2D eigenvalue weighted by molar-refractivity contribution is 0.181. The Kier molecular flexibility index (Phi) is 5.08. The van der Waals surface area contributed by atoms with Crippen LogP contribution in [0.5, 0.6) is 0 Å². The average Bonchev–Trinajstić information content (AvgIpc) is 2.80. The highest BCUT2D eigenvalue weighted by Crippen LogP contribution is 2.10. The van der Waals surface area contributed by atoms with Gasteiger partial charge in [-0.2, -0.15) is 0 Å². The Morgan fingerprint density at radius 2 is 2.12 bits per heavy atom. The maximum Gasteiger partial charge on any atom is 0.191 e. The number of nitrogens with zero attached hydrogens (tertiary/aromatic N) is 1. The molecule has 0 spiro atoms. The van der Waals surface area contributed by atoms with Crippen LogP contribution in [0, 0.1) is 0 Å². The van der Waals surface area contributed by atoms with Gasteiger partial charge in [-0.05, 0) is 5.56 Å². The van der Waals surface area contributed by atoms with Gasteiger partial charge in [0.2, 0.25) is 0 Å². The molecule has 0 bridgehead atoms. The number of halogens is 1. The van der Waals surface area contributed by atoms with Gasteiger partial charge in [0.15, 0.2) is 5.96 Å². The molecule has 1 atom stereocenters. The van der Waals surface area contributed by atoms with Gasteiger partial charge < -0.3 is 15.7 Å². The lowest BCUT2D eigenvalue weighted by atomic mass is 10.1. The third-order valence-electron chi connectivity index (χ3n) is 2.32. The minimum absolute atomic E-state index is 0. The van der Waals surface area contributed by atoms with Crippen molar-refractivity contribution >= 4 is 18.4 Å². The Labute approximate surface area is 101 Å². The molecule has 1 aromatic carbocycles. The van der Waals surface area contributed by atoms with E-state index in [1.165, 1.54) is 0 Å². The van der Waals surface area contributed by atoms with Crippen molar-refractivity contribution in [3.05, 3.63) is 35.9 Å². The minimum atomic E-state index is -0.490. The van der Waals surface area contributed by atoms with Crippen LogP contribution in [0.1, 0.15) is 11.7 Å². The van der Waals surface area contributed by atoms with E-state index in [-0.39, 0.29) is 12.4 Å². The highest BCUT2D eigenvalue weighted by molar-refractivity contribution is 5.85. The molecular weight excluding hydrogens is 226 g/mol. The molecule has 0 aromatic heterocycles. The highest BCUT2D eigenvalue weighted by Gasteiger charge is 2.09. The van der Waals surface area contributed by atoms with E-state index in [0.29, 0.717) is 6.54 Å². The Balaban J connectivity index is 0.00000128. The molecule has 1 aliphatic rings. The van der Waals surface area contributed by atoms with Crippen molar-refractivity contribution in [2.75, 3.05) is 19.6 Å². The van der Waals surface area contributed by atoms with E-state index in [4.69, 9.17) is 0 Å². The van der Waals surface area contributed by atoms with Crippen LogP contribution in [0.25, 0.3) is 0 Å². The second kappa shape index (κ2) is 6.35. The number of aliphatic hydroxyl groups excluding tert-OH is 1. The van der Waals surface area contributed by atoms with Crippen molar-refractivity contribution in [1.29, 1.82) is 0 Å². The summed E-state index contributed by atoms with van der Waals surface area (Å²) in [5.41, 5.74) is 0.920. The van der Waals surface area contributed by atoms with E-state index in [9.17, 15) is 5.11 Å². The zero-order valence-corrected chi connectivity index (χ0v) is 9.70. The molecule has 0 aliphatic carbocycles. The number of hydrogen-bond acceptors (Lipinski definition) is 4. The SMILES string of the molecule is Cl.OC(CNC1=NCCN1)c1ccccc1. The molecule has 16 heavy (non-hydrogen) atoms. The summed E-state index contributed by atoms with van der Waals surface area (Å²) in [6, 6.07) is 9.60. The molecule has 1 aromatic rings. The lowest BCUT2D eigenvalue weighted by Crippen LogP contribution is -2.36. The second-order valence-corrected chi connectivity index (χ2v) is 3.46. The Hall–Kier alpha value is -1.26. The summed E-state index contributed by atoms with van der Waals surface area (Å²) < 4.78 is 0. The molecule has 3 N–H and O–H groups in total. The van der Waals surface area contributed by atoms with Gasteiger partial charge >= 0.3 is 0 Å². The largest absolute Gasteiger partial charge is 0.387 e. The summed E-state index contributed by atoms with van der Waals surface area (Å²) in [5.74, 6) is 0.782. The Morgan fingerprint density at radius 1 is 1.38 bits per heavy atom. The Bertz CT molecular complexity index is 342. The fraction of sp³-hybridized carbons (Fsp3) is 0.364. The van der Waals surface area contributed by atoms with Crippen LogP contribution >= 0.6 is 12.4 Å². The van der Waals surface area contributed by atoms with E-state index in [1.54, 1.807) is 0 Å². The second-order valence-electron chi connectivity index (χ2n) is 3.46. The molecule has 4 nitrogen and oxygen atoms in total. The van der Waals surface area contributed by atoms with Gasteiger partial charge in [-0.15, -0.1) is 12.4 Å². The predicted octanol–water partition coefficient (Wildman–Crippen LogP) is 0.691. The summed E-state index contributed by atoms with van der Waals surface area (Å²) in [6.45, 7) is 2.17. The van der Waals surface area contributed by atoms with Crippen molar-refractivity contribution < 1.29 is 5.11 Å². The van der Waals surface area contributed by atoms with Crippen molar-refractivity contribution in [2.24, 2.45) is 4.99 Å². The molecule has 1 unspecified atom stereocenters. The van der Waals surface area contributed by atoms with Gasteiger partial charge in [0, 0.05) is 13.1 Å². The zero-order valence-electron chi connectivity index (χ0n) is 8.89. The van der Waals surface area contributed by atoms with E-state index in [0.717, 1.165) is 24.6 Å². The summed E-state index contributed by atoms with van der Waals surface area (Å²) in [5, 5.41) is 16.0. The third-order valence-corrected chi connectivity index (χ3v) is 2.32. The first-order valence-corrected chi connectivity index (χ1v) is 5.11. The highest BCUT2D eigenvalue weighted by atomic mass is 35.5. The molecule has 0 saturated heterocycles. The van der Waals surface area contributed by atoms with Crippen LogP contribution in [0.4, 0.5) is 0 Å². The number of nitrogens with one attached hydrogen (secondary N) is 2. The van der Waals surface area contributed by atoms with E-state index < -0.39 is 6.10 Å². The lowest BCUT2D eigenvalue weighted by Gasteiger charge is -2.12. The third kappa shape index (κ3) is 3.40. The predicted molar refractivity (Wildman–Crippen MR) is 67.0 cm³/mol. The van der Waals surface area contributed by atoms with Gasteiger partial charge in [-0.3, -0.25) is 4.99 Å². The molecule has 1 heterocycles. The smallest absolute Gasteiger partial charge is 0.191 e. The first-order chi connectivity index (χ1) is 7.36. The van der Waals surface area contributed by atoms with Crippen LogP contribution in [-0.2, 0) is 0 Å². The summed E-state index contributed by atoms with van der Waals surface area (Å²) in [6.07, 6.45) is -0.490. The summed E-state index contributed by atoms with van der Waals surface area (Å²) >= 11 is 0. The molecule has 0 radical (unpaired) electrons. The van der Waals surface area contributed by atoms with Crippen LogP contribution in [0.2, 0.25) is 0 Å². The topological polar surface area (TPSA) is 56.6 Å². The number of hydrogen-bond donors (Lipinski definition) is 3. The standard InChI is InChI=1S/C11H15N3O.ClH/c15-10(9-4-2-1-3-5-9)8-14-11-12-6-7-13-11;/h1-5,10,15H,6-8H2,(H2,12,13,14);1H. The minimum Gasteiger partial charge on any atom is -0.387 e. The maximum absolute atomic E-state index is 9.84. The molecule has 2 rings (SSSR count). The fourth-order valence-corrected chi connectivity index (χ4v) is 1.50. The molecule has 0 fully saturated rings. The number of aliphatic imine (C=N–C) groups is 1. The van der Waals surface area contributed by atoms with Gasteiger partial charge in [0.25, 0.3) is 0 Å². The van der Waals surface area contributed by atoms with Crippen LogP contribution in [-0.4, -0.2) is 30.7 Å². The summed E-state index contributed by atoms with van der Waals surface area (Å²) in [4.78, 5) is 4.18. The Morgan fingerprint density at radius 3 is 2.75 bits per heavy atom. The summed E-state index contributed by atoms with van der Waals surface area (Å²) in [7, 11) is 0. The zero-order chi connectivity index (χ0) is 10.5. The van der Waals surface area contributed by atoms with Crippen LogP contribution < -0.4 is 10.6 Å². The van der Waals surface area contributed by atoms with Gasteiger partial charge in [-0.25, -0.2) is 0 Å². The van der Waals surface area contributed by atoms with Crippen LogP contribution in [0.15, 0.2) is 35.3 Å². The van der Waals surface area contributed by atoms with Gasteiger partial charge in [-0.1, -0.05) is 30.3 Å². The fourth-order valence-electron chi connectivity index (χ4n) is 1.50. The molecule has 0 saturated carbocycles. The molecule has 5 heteroatoms. The van der Waals surface area contributed by atoms with Gasteiger partial charge in [0.05, 0.1) is 12.6 Å². The maximum atomic E-state index is 9.84. The molecule has 88 valence electrons. The number of benzene rings is 1. The van der Waals surface area contributed by atoms with E-state index in [1.807, 2.05) is 30.3 Å². The van der Waals surface area contributed by atoms with E-state index in [2.05, 4.69) is 15.6 Å². The first kappa shape index (κ1) is 12.8. The van der Waals surface area contributed by atoms with Crippen molar-refractivity contribution in [2.45, 2.75) is 6.10 Å².